The molecule has 0 aromatic heterocycles. The molecule has 0 radical (unpaired) electrons. The Morgan fingerprint density at radius 3 is 2.56 bits per heavy atom. The molecule has 2 amide bonds. The Morgan fingerprint density at radius 1 is 1.06 bits per heavy atom. The predicted molar refractivity (Wildman–Crippen MR) is 124 cm³/mol. The van der Waals surface area contributed by atoms with Crippen LogP contribution in [0.25, 0.3) is 0 Å². The molecule has 5 rings (SSSR count). The van der Waals surface area contributed by atoms with Gasteiger partial charge in [0, 0.05) is 45.2 Å². The first-order chi connectivity index (χ1) is 15.5. The number of fused-ring (bicyclic) bond motifs is 2. The maximum Gasteiger partial charge on any atom is 0.221 e. The molecule has 2 heterocycles. The fraction of sp³-hybridized carbons (Fsp3) is 0.481. The number of likely N-dealkylation sites (tertiary alicyclic amines) is 1. The maximum atomic E-state index is 13.2. The zero-order chi connectivity index (χ0) is 22.1. The third kappa shape index (κ3) is 4.13. The Morgan fingerprint density at radius 2 is 1.78 bits per heavy atom. The van der Waals surface area contributed by atoms with Crippen LogP contribution in [0, 0.1) is 0 Å². The topological polar surface area (TPSA) is 58.6 Å². The average molecular weight is 433 g/mol. The number of hydrogen-bond acceptors (Lipinski definition) is 3. The van der Waals surface area contributed by atoms with Gasteiger partial charge in [-0.05, 0) is 48.4 Å². The maximum absolute atomic E-state index is 13.2. The van der Waals surface area contributed by atoms with Gasteiger partial charge in [-0.25, -0.2) is 0 Å². The van der Waals surface area contributed by atoms with E-state index in [0.717, 1.165) is 62.9 Å². The zero-order valence-corrected chi connectivity index (χ0v) is 18.8. The minimum atomic E-state index is -0.289. The van der Waals surface area contributed by atoms with Gasteiger partial charge < -0.3 is 15.0 Å². The number of carbonyl (C=O) groups excluding carboxylic acids is 2. The lowest BCUT2D eigenvalue weighted by Crippen LogP contribution is -2.51. The van der Waals surface area contributed by atoms with Crippen molar-refractivity contribution >= 4 is 11.8 Å². The van der Waals surface area contributed by atoms with E-state index in [9.17, 15) is 9.59 Å². The summed E-state index contributed by atoms with van der Waals surface area (Å²) in [6, 6.07) is 16.7. The number of nitrogens with one attached hydrogen (secondary N) is 1. The summed E-state index contributed by atoms with van der Waals surface area (Å²) in [5.74, 6) is 1.27. The molecule has 1 saturated heterocycles. The summed E-state index contributed by atoms with van der Waals surface area (Å²) in [6.45, 7) is 3.07. The van der Waals surface area contributed by atoms with E-state index in [4.69, 9.17) is 4.74 Å². The quantitative estimate of drug-likeness (QED) is 0.776. The van der Waals surface area contributed by atoms with Crippen LogP contribution in [0.3, 0.4) is 0 Å². The number of carbonyl (C=O) groups is 2. The highest BCUT2D eigenvalue weighted by molar-refractivity contribution is 5.78. The van der Waals surface area contributed by atoms with E-state index in [-0.39, 0.29) is 29.4 Å². The molecular formula is C27H32N2O3. The zero-order valence-electron chi connectivity index (χ0n) is 18.8. The lowest BCUT2D eigenvalue weighted by atomic mass is 9.76. The first kappa shape index (κ1) is 21.0. The third-order valence-corrected chi connectivity index (χ3v) is 7.56. The minimum Gasteiger partial charge on any atom is -0.487 e. The van der Waals surface area contributed by atoms with Gasteiger partial charge in [0.15, 0.2) is 0 Å². The van der Waals surface area contributed by atoms with Crippen molar-refractivity contribution in [2.45, 2.75) is 69.4 Å². The third-order valence-electron chi connectivity index (χ3n) is 7.56. The van der Waals surface area contributed by atoms with Gasteiger partial charge in [-0.1, -0.05) is 42.5 Å². The van der Waals surface area contributed by atoms with Crippen LogP contribution < -0.4 is 10.1 Å². The monoisotopic (exact) mass is 432 g/mol. The van der Waals surface area contributed by atoms with Crippen LogP contribution in [-0.4, -0.2) is 35.4 Å². The van der Waals surface area contributed by atoms with Crippen LogP contribution in [0.15, 0.2) is 48.5 Å². The number of ether oxygens (including phenoxy) is 1. The second-order valence-corrected chi connectivity index (χ2v) is 9.65. The number of nitrogens with zero attached hydrogens (tertiary/aromatic N) is 1. The summed E-state index contributed by atoms with van der Waals surface area (Å²) in [6.07, 6.45) is 6.12. The highest BCUT2D eigenvalue weighted by Gasteiger charge is 2.44. The lowest BCUT2D eigenvalue weighted by Gasteiger charge is -2.46. The van der Waals surface area contributed by atoms with Crippen LogP contribution >= 0.6 is 0 Å². The Labute approximate surface area is 190 Å². The molecule has 32 heavy (non-hydrogen) atoms. The number of benzene rings is 2. The molecular weight excluding hydrogens is 400 g/mol. The van der Waals surface area contributed by atoms with Crippen LogP contribution in [0.1, 0.15) is 74.1 Å². The normalized spacial score (nSPS) is 23.6. The number of piperidine rings is 1. The minimum absolute atomic E-state index is 0.107. The molecule has 1 N–H and O–H groups in total. The molecule has 1 fully saturated rings. The summed E-state index contributed by atoms with van der Waals surface area (Å²) in [4.78, 5) is 26.9. The molecule has 1 spiro atoms. The molecule has 1 aliphatic carbocycles. The molecule has 2 aromatic rings. The SMILES string of the molecule is CC(=O)N1CCC2(CC1)C[C@@H](CC(=O)N[C@@H]1CCCc3ccccc31)c1ccccc1O2. The summed E-state index contributed by atoms with van der Waals surface area (Å²) in [5.41, 5.74) is 3.47. The van der Waals surface area contributed by atoms with Gasteiger partial charge >= 0.3 is 0 Å². The fourth-order valence-electron chi connectivity index (χ4n) is 5.84. The van der Waals surface area contributed by atoms with Crippen LogP contribution in [0.5, 0.6) is 5.75 Å². The summed E-state index contributed by atoms with van der Waals surface area (Å²) >= 11 is 0. The second-order valence-electron chi connectivity index (χ2n) is 9.65. The van der Waals surface area contributed by atoms with E-state index >= 15 is 0 Å². The second kappa shape index (κ2) is 8.61. The predicted octanol–water partition coefficient (Wildman–Crippen LogP) is 4.52. The molecule has 5 heteroatoms. The van der Waals surface area contributed by atoms with Crippen LogP contribution in [0.4, 0.5) is 0 Å². The lowest BCUT2D eigenvalue weighted by molar-refractivity contribution is -0.132. The number of rotatable bonds is 3. The Hall–Kier alpha value is -2.82. The number of para-hydroxylation sites is 1. The van der Waals surface area contributed by atoms with Gasteiger partial charge in [-0.2, -0.15) is 0 Å². The molecule has 168 valence electrons. The van der Waals surface area contributed by atoms with E-state index in [1.54, 1.807) is 6.92 Å². The van der Waals surface area contributed by atoms with Crippen molar-refractivity contribution in [1.29, 1.82) is 0 Å². The van der Waals surface area contributed by atoms with Gasteiger partial charge in [0.2, 0.25) is 11.8 Å². The van der Waals surface area contributed by atoms with Gasteiger partial charge in [0.05, 0.1) is 6.04 Å². The van der Waals surface area contributed by atoms with E-state index in [2.05, 4.69) is 35.6 Å². The van der Waals surface area contributed by atoms with Crippen molar-refractivity contribution in [3.05, 3.63) is 65.2 Å². The van der Waals surface area contributed by atoms with Gasteiger partial charge in [0.1, 0.15) is 11.4 Å². The summed E-state index contributed by atoms with van der Waals surface area (Å²) < 4.78 is 6.53. The number of amides is 2. The first-order valence-electron chi connectivity index (χ1n) is 11.9. The summed E-state index contributed by atoms with van der Waals surface area (Å²) in [5, 5.41) is 3.33. The standard InChI is InChI=1S/C27H32N2O3/c1-19(30)29-15-13-27(14-16-29)18-21(23-10-4-5-12-25(23)32-27)17-26(31)28-24-11-6-8-20-7-2-3-9-22(20)24/h2-5,7,9-10,12,21,24H,6,8,11,13-18H2,1H3,(H,28,31)/t21-,24-/m1/s1. The fourth-order valence-corrected chi connectivity index (χ4v) is 5.84. The molecule has 2 atom stereocenters. The first-order valence-corrected chi connectivity index (χ1v) is 11.9. The van der Waals surface area contributed by atoms with Gasteiger partial charge in [0.25, 0.3) is 0 Å². The van der Waals surface area contributed by atoms with E-state index in [1.165, 1.54) is 11.1 Å². The summed E-state index contributed by atoms with van der Waals surface area (Å²) in [7, 11) is 0. The van der Waals surface area contributed by atoms with Crippen molar-refractivity contribution in [2.24, 2.45) is 0 Å². The Kier molecular flexibility index (Phi) is 5.66. The highest BCUT2D eigenvalue weighted by atomic mass is 16.5. The van der Waals surface area contributed by atoms with E-state index < -0.39 is 0 Å². The van der Waals surface area contributed by atoms with E-state index in [1.807, 2.05) is 23.1 Å². The van der Waals surface area contributed by atoms with Crippen molar-refractivity contribution in [3.8, 4) is 5.75 Å². The molecule has 0 bridgehead atoms. The number of aryl methyl sites for hydroxylation is 1. The largest absolute Gasteiger partial charge is 0.487 e. The Bertz CT molecular complexity index is 1010. The molecule has 0 saturated carbocycles. The molecule has 5 nitrogen and oxygen atoms in total. The molecule has 3 aliphatic rings. The van der Waals surface area contributed by atoms with Crippen LogP contribution in [-0.2, 0) is 16.0 Å². The van der Waals surface area contributed by atoms with Crippen LogP contribution in [0.2, 0.25) is 0 Å². The van der Waals surface area contributed by atoms with Crippen molar-refractivity contribution in [1.82, 2.24) is 10.2 Å². The average Bonchev–Trinajstić information content (AvgIpc) is 2.79. The van der Waals surface area contributed by atoms with Crippen molar-refractivity contribution < 1.29 is 14.3 Å². The highest BCUT2D eigenvalue weighted by Crippen LogP contribution is 2.46. The number of hydrogen-bond donors (Lipinski definition) is 1. The smallest absolute Gasteiger partial charge is 0.221 e. The Balaban J connectivity index is 1.32. The van der Waals surface area contributed by atoms with Gasteiger partial charge in [-0.3, -0.25) is 9.59 Å². The molecule has 2 aromatic carbocycles. The van der Waals surface area contributed by atoms with Gasteiger partial charge in [-0.15, -0.1) is 0 Å². The molecule has 0 unspecified atom stereocenters. The van der Waals surface area contributed by atoms with Crippen molar-refractivity contribution in [2.75, 3.05) is 13.1 Å². The van der Waals surface area contributed by atoms with E-state index in [0.29, 0.717) is 6.42 Å². The molecule has 2 aliphatic heterocycles. The van der Waals surface area contributed by atoms with Crippen molar-refractivity contribution in [3.63, 3.8) is 0 Å².